The summed E-state index contributed by atoms with van der Waals surface area (Å²) in [7, 11) is 0. The molecule has 0 aliphatic heterocycles. The van der Waals surface area contributed by atoms with Crippen LogP contribution in [0.25, 0.3) is 0 Å². The van der Waals surface area contributed by atoms with E-state index in [0.29, 0.717) is 16.1 Å². The zero-order chi connectivity index (χ0) is 13.1. The van der Waals surface area contributed by atoms with E-state index in [4.69, 9.17) is 11.6 Å². The minimum atomic E-state index is -0.357. The molecule has 0 aromatic heterocycles. The lowest BCUT2D eigenvalue weighted by molar-refractivity contribution is 0.0991. The predicted octanol–water partition coefficient (Wildman–Crippen LogP) is 4.21. The van der Waals surface area contributed by atoms with E-state index in [1.807, 2.05) is 6.92 Å². The molecule has 0 aliphatic rings. The van der Waals surface area contributed by atoms with E-state index in [2.05, 4.69) is 0 Å². The number of rotatable bonds is 3. The topological polar surface area (TPSA) is 17.1 Å². The minimum Gasteiger partial charge on any atom is -0.294 e. The molecule has 0 atom stereocenters. The molecule has 0 amide bonds. The Labute approximate surface area is 110 Å². The fourth-order valence-electron chi connectivity index (χ4n) is 1.81. The first-order valence-corrected chi connectivity index (χ1v) is 5.98. The number of halogens is 2. The lowest BCUT2D eigenvalue weighted by atomic mass is 10.0. The molecule has 0 N–H and O–H groups in total. The highest BCUT2D eigenvalue weighted by atomic mass is 35.5. The van der Waals surface area contributed by atoms with Crippen LogP contribution in [0.3, 0.4) is 0 Å². The van der Waals surface area contributed by atoms with Crippen LogP contribution in [0.2, 0.25) is 5.02 Å². The number of carbonyl (C=O) groups excluding carboxylic acids is 1. The van der Waals surface area contributed by atoms with E-state index in [-0.39, 0.29) is 18.0 Å². The van der Waals surface area contributed by atoms with Gasteiger partial charge in [-0.2, -0.15) is 0 Å². The lowest BCUT2D eigenvalue weighted by Gasteiger charge is -2.04. The molecular formula is C15H12ClFO. The van der Waals surface area contributed by atoms with Crippen molar-refractivity contribution in [3.63, 3.8) is 0 Å². The van der Waals surface area contributed by atoms with E-state index >= 15 is 0 Å². The van der Waals surface area contributed by atoms with Crippen LogP contribution in [0.1, 0.15) is 21.5 Å². The molecule has 0 heterocycles. The van der Waals surface area contributed by atoms with Crippen LogP contribution in [0.15, 0.2) is 42.5 Å². The summed E-state index contributed by atoms with van der Waals surface area (Å²) in [5.74, 6) is -0.490. The molecule has 18 heavy (non-hydrogen) atoms. The summed E-state index contributed by atoms with van der Waals surface area (Å²) in [6.07, 6.45) is 0.0481. The van der Waals surface area contributed by atoms with Gasteiger partial charge in [-0.1, -0.05) is 29.8 Å². The molecular weight excluding hydrogens is 251 g/mol. The molecule has 2 aromatic carbocycles. The molecule has 92 valence electrons. The van der Waals surface area contributed by atoms with Crippen molar-refractivity contribution in [3.05, 3.63) is 70.0 Å². The Morgan fingerprint density at radius 2 is 1.94 bits per heavy atom. The van der Waals surface area contributed by atoms with Gasteiger partial charge in [0.1, 0.15) is 5.82 Å². The normalized spacial score (nSPS) is 10.4. The van der Waals surface area contributed by atoms with Gasteiger partial charge in [0.25, 0.3) is 0 Å². The van der Waals surface area contributed by atoms with Crippen molar-refractivity contribution in [2.24, 2.45) is 0 Å². The second-order valence-corrected chi connectivity index (χ2v) is 4.65. The minimum absolute atomic E-state index is 0.0481. The highest BCUT2D eigenvalue weighted by molar-refractivity contribution is 6.31. The summed E-state index contributed by atoms with van der Waals surface area (Å²) in [4.78, 5) is 12.0. The Kier molecular flexibility index (Phi) is 3.78. The third kappa shape index (κ3) is 2.96. The van der Waals surface area contributed by atoms with Crippen molar-refractivity contribution < 1.29 is 9.18 Å². The Morgan fingerprint density at radius 3 is 2.61 bits per heavy atom. The van der Waals surface area contributed by atoms with Crippen LogP contribution in [0.5, 0.6) is 0 Å². The summed E-state index contributed by atoms with van der Waals surface area (Å²) >= 11 is 5.90. The Balaban J connectivity index is 2.25. The summed E-state index contributed by atoms with van der Waals surface area (Å²) in [6, 6.07) is 11.4. The van der Waals surface area contributed by atoms with E-state index < -0.39 is 0 Å². The summed E-state index contributed by atoms with van der Waals surface area (Å²) in [5.41, 5.74) is 1.84. The maximum absolute atomic E-state index is 13.4. The van der Waals surface area contributed by atoms with Gasteiger partial charge < -0.3 is 0 Å². The van der Waals surface area contributed by atoms with Gasteiger partial charge in [0.2, 0.25) is 0 Å². The quantitative estimate of drug-likeness (QED) is 0.757. The number of Topliss-reactive ketones (excluding diaryl/α,β-unsaturated/α-hetero) is 1. The molecule has 0 bridgehead atoms. The molecule has 0 aliphatic carbocycles. The molecule has 2 aromatic rings. The SMILES string of the molecule is Cc1cc(Cl)cc(C(=O)Cc2ccccc2F)c1. The highest BCUT2D eigenvalue weighted by Gasteiger charge is 2.11. The average molecular weight is 263 g/mol. The van der Waals surface area contributed by atoms with E-state index in [1.54, 1.807) is 36.4 Å². The van der Waals surface area contributed by atoms with Crippen molar-refractivity contribution in [2.75, 3.05) is 0 Å². The second-order valence-electron chi connectivity index (χ2n) is 4.21. The third-order valence-electron chi connectivity index (χ3n) is 2.67. The fourth-order valence-corrected chi connectivity index (χ4v) is 2.10. The first-order chi connectivity index (χ1) is 8.56. The van der Waals surface area contributed by atoms with Crippen LogP contribution in [-0.4, -0.2) is 5.78 Å². The van der Waals surface area contributed by atoms with Crippen LogP contribution in [0, 0.1) is 12.7 Å². The highest BCUT2D eigenvalue weighted by Crippen LogP contribution is 2.17. The van der Waals surface area contributed by atoms with Gasteiger partial charge >= 0.3 is 0 Å². The largest absolute Gasteiger partial charge is 0.294 e. The van der Waals surface area contributed by atoms with Crippen LogP contribution in [0.4, 0.5) is 4.39 Å². The van der Waals surface area contributed by atoms with E-state index in [9.17, 15) is 9.18 Å². The molecule has 0 saturated carbocycles. The Hall–Kier alpha value is -1.67. The monoisotopic (exact) mass is 262 g/mol. The Bertz CT molecular complexity index is 573. The van der Waals surface area contributed by atoms with E-state index in [0.717, 1.165) is 5.56 Å². The Morgan fingerprint density at radius 1 is 1.22 bits per heavy atom. The third-order valence-corrected chi connectivity index (χ3v) is 2.89. The van der Waals surface area contributed by atoms with Crippen LogP contribution >= 0.6 is 11.6 Å². The number of carbonyl (C=O) groups is 1. The number of benzene rings is 2. The lowest BCUT2D eigenvalue weighted by Crippen LogP contribution is -2.05. The molecule has 0 spiro atoms. The summed E-state index contributed by atoms with van der Waals surface area (Å²) < 4.78 is 13.4. The first kappa shape index (κ1) is 12.8. The molecule has 3 heteroatoms. The van der Waals surface area contributed by atoms with Gasteiger partial charge in [-0.15, -0.1) is 0 Å². The van der Waals surface area contributed by atoms with E-state index in [1.165, 1.54) is 6.07 Å². The maximum atomic E-state index is 13.4. The molecule has 0 fully saturated rings. The standard InChI is InChI=1S/C15H12ClFO/c1-10-6-12(8-13(16)7-10)15(18)9-11-4-2-3-5-14(11)17/h2-8H,9H2,1H3. The van der Waals surface area contributed by atoms with Gasteiger partial charge in [-0.3, -0.25) is 4.79 Å². The molecule has 0 unspecified atom stereocenters. The van der Waals surface area contributed by atoms with Crippen molar-refractivity contribution in [3.8, 4) is 0 Å². The number of hydrogen-bond acceptors (Lipinski definition) is 1. The van der Waals surface area contributed by atoms with Crippen molar-refractivity contribution in [1.29, 1.82) is 0 Å². The maximum Gasteiger partial charge on any atom is 0.167 e. The average Bonchev–Trinajstić information content (AvgIpc) is 2.31. The van der Waals surface area contributed by atoms with Crippen molar-refractivity contribution in [2.45, 2.75) is 13.3 Å². The van der Waals surface area contributed by atoms with Crippen molar-refractivity contribution >= 4 is 17.4 Å². The smallest absolute Gasteiger partial charge is 0.167 e. The number of aryl methyl sites for hydroxylation is 1. The molecule has 0 radical (unpaired) electrons. The van der Waals surface area contributed by atoms with Crippen LogP contribution < -0.4 is 0 Å². The number of hydrogen-bond donors (Lipinski definition) is 0. The number of ketones is 1. The van der Waals surface area contributed by atoms with Gasteiger partial charge in [0.05, 0.1) is 0 Å². The van der Waals surface area contributed by atoms with Gasteiger partial charge in [0, 0.05) is 17.0 Å². The first-order valence-electron chi connectivity index (χ1n) is 5.60. The molecule has 0 saturated heterocycles. The van der Waals surface area contributed by atoms with Crippen molar-refractivity contribution in [1.82, 2.24) is 0 Å². The molecule has 1 nitrogen and oxygen atoms in total. The zero-order valence-corrected chi connectivity index (χ0v) is 10.7. The fraction of sp³-hybridized carbons (Fsp3) is 0.133. The second kappa shape index (κ2) is 5.32. The van der Waals surface area contributed by atoms with Gasteiger partial charge in [0.15, 0.2) is 5.78 Å². The summed E-state index contributed by atoms with van der Waals surface area (Å²) in [6.45, 7) is 1.87. The van der Waals surface area contributed by atoms with Gasteiger partial charge in [-0.25, -0.2) is 4.39 Å². The van der Waals surface area contributed by atoms with Crippen LogP contribution in [-0.2, 0) is 6.42 Å². The zero-order valence-electron chi connectivity index (χ0n) is 9.91. The molecule has 2 rings (SSSR count). The van der Waals surface area contributed by atoms with Gasteiger partial charge in [-0.05, 0) is 42.3 Å². The predicted molar refractivity (Wildman–Crippen MR) is 70.6 cm³/mol. The summed E-state index contributed by atoms with van der Waals surface area (Å²) in [5, 5.41) is 0.520.